The maximum absolute atomic E-state index is 12.8. The quantitative estimate of drug-likeness (QED) is 0.474. The average molecular weight is 451 g/mol. The number of likely N-dealkylation sites (tertiary alicyclic amines) is 1. The van der Waals surface area contributed by atoms with Crippen LogP contribution >= 0.6 is 11.3 Å². The minimum Gasteiger partial charge on any atom is -0.382 e. The summed E-state index contributed by atoms with van der Waals surface area (Å²) in [6, 6.07) is 9.33. The van der Waals surface area contributed by atoms with Crippen LogP contribution in [0.2, 0.25) is 0 Å². The second kappa shape index (κ2) is 9.46. The fourth-order valence-electron chi connectivity index (χ4n) is 3.75. The summed E-state index contributed by atoms with van der Waals surface area (Å²) in [5.74, 6) is -0.104. The molecule has 1 amide bonds. The molecule has 3 aromatic rings. The summed E-state index contributed by atoms with van der Waals surface area (Å²) in [4.78, 5) is 36.2. The minimum atomic E-state index is -0.196. The van der Waals surface area contributed by atoms with Gasteiger partial charge in [-0.25, -0.2) is 4.98 Å². The van der Waals surface area contributed by atoms with E-state index in [9.17, 15) is 9.59 Å². The zero-order chi connectivity index (χ0) is 22.7. The highest BCUT2D eigenvalue weighted by molar-refractivity contribution is 7.18. The molecule has 1 fully saturated rings. The third-order valence-electron chi connectivity index (χ3n) is 5.71. The molecule has 1 aliphatic rings. The lowest BCUT2D eigenvalue weighted by Crippen LogP contribution is -2.38. The van der Waals surface area contributed by atoms with Gasteiger partial charge in [0.1, 0.15) is 10.7 Å². The molecule has 0 bridgehead atoms. The van der Waals surface area contributed by atoms with Crippen LogP contribution in [0.25, 0.3) is 0 Å². The molecule has 2 aromatic heterocycles. The van der Waals surface area contributed by atoms with Crippen molar-refractivity contribution >= 4 is 39.7 Å². The van der Waals surface area contributed by atoms with Crippen molar-refractivity contribution in [3.63, 3.8) is 0 Å². The van der Waals surface area contributed by atoms with Crippen molar-refractivity contribution in [1.29, 1.82) is 0 Å². The number of nitrogens with one attached hydrogen (secondary N) is 2. The number of nitrogens with two attached hydrogens (primary N) is 1. The molecule has 0 spiro atoms. The zero-order valence-corrected chi connectivity index (χ0v) is 18.9. The van der Waals surface area contributed by atoms with Crippen molar-refractivity contribution in [2.45, 2.75) is 25.8 Å². The number of benzene rings is 1. The van der Waals surface area contributed by atoms with E-state index in [1.807, 2.05) is 6.92 Å². The molecule has 0 radical (unpaired) electrons. The first-order valence-electron chi connectivity index (χ1n) is 10.5. The number of pyridine rings is 1. The summed E-state index contributed by atoms with van der Waals surface area (Å²) >= 11 is 1.19. The third-order valence-corrected chi connectivity index (χ3v) is 6.70. The Kier molecular flexibility index (Phi) is 6.48. The van der Waals surface area contributed by atoms with Gasteiger partial charge in [0.05, 0.1) is 0 Å². The van der Waals surface area contributed by atoms with E-state index in [0.29, 0.717) is 33.7 Å². The number of ketones is 1. The molecule has 0 aliphatic carbocycles. The van der Waals surface area contributed by atoms with Crippen molar-refractivity contribution < 1.29 is 9.59 Å². The normalized spacial score (nSPS) is 16.1. The van der Waals surface area contributed by atoms with Crippen LogP contribution in [0.15, 0.2) is 42.7 Å². The predicted molar refractivity (Wildman–Crippen MR) is 127 cm³/mol. The Bertz CT molecular complexity index is 1130. The van der Waals surface area contributed by atoms with Crippen molar-refractivity contribution in [3.05, 3.63) is 64.3 Å². The van der Waals surface area contributed by atoms with Crippen molar-refractivity contribution in [2.24, 2.45) is 0 Å². The van der Waals surface area contributed by atoms with Gasteiger partial charge >= 0.3 is 0 Å². The number of nitrogens with zero attached hydrogens (tertiary/aromatic N) is 3. The molecule has 4 N–H and O–H groups in total. The van der Waals surface area contributed by atoms with Crippen LogP contribution in [-0.4, -0.2) is 52.7 Å². The second-order valence-corrected chi connectivity index (χ2v) is 8.94. The van der Waals surface area contributed by atoms with Crippen molar-refractivity contribution in [1.82, 2.24) is 20.2 Å². The van der Waals surface area contributed by atoms with Gasteiger partial charge in [0, 0.05) is 41.8 Å². The average Bonchev–Trinajstić information content (AvgIpc) is 3.37. The van der Waals surface area contributed by atoms with E-state index in [-0.39, 0.29) is 17.5 Å². The van der Waals surface area contributed by atoms with E-state index in [1.54, 1.807) is 42.7 Å². The standard InChI is InChI=1S/C23H26N6O2S/c1-14-9-10-25-13-18(14)19(30)20-21(24)28-23(32-20)27-16-7-5-15(6-8-16)22(31)26-12-17-4-3-11-29(17)2/h5-10,13,17H,3-4,11-12,24H2,1-2H3,(H,26,31)(H,27,28)/t17-/m0/s1. The fourth-order valence-corrected chi connectivity index (χ4v) is 4.61. The molecule has 9 heteroatoms. The SMILES string of the molecule is Cc1ccncc1C(=O)c1sc(Nc2ccc(C(=O)NC[C@@H]3CCCN3C)cc2)nc1N. The summed E-state index contributed by atoms with van der Waals surface area (Å²) in [5.41, 5.74) is 8.69. The summed E-state index contributed by atoms with van der Waals surface area (Å²) < 4.78 is 0. The Hall–Kier alpha value is -3.30. The topological polar surface area (TPSA) is 113 Å². The lowest BCUT2D eigenvalue weighted by Gasteiger charge is -2.19. The molecule has 1 atom stereocenters. The molecule has 4 rings (SSSR count). The Morgan fingerprint density at radius 1 is 1.25 bits per heavy atom. The second-order valence-electron chi connectivity index (χ2n) is 7.94. The van der Waals surface area contributed by atoms with Crippen LogP contribution in [-0.2, 0) is 0 Å². The number of anilines is 3. The van der Waals surface area contributed by atoms with Gasteiger partial charge < -0.3 is 21.3 Å². The highest BCUT2D eigenvalue weighted by Gasteiger charge is 2.22. The molecule has 1 aliphatic heterocycles. The van der Waals surface area contributed by atoms with Gasteiger partial charge in [0.15, 0.2) is 5.13 Å². The predicted octanol–water partition coefficient (Wildman–Crippen LogP) is 3.23. The molecule has 3 heterocycles. The summed E-state index contributed by atoms with van der Waals surface area (Å²) in [6.45, 7) is 3.59. The number of aryl methyl sites for hydroxylation is 1. The highest BCUT2D eigenvalue weighted by Crippen LogP contribution is 2.30. The summed E-state index contributed by atoms with van der Waals surface area (Å²) in [5, 5.41) is 6.68. The van der Waals surface area contributed by atoms with Crippen LogP contribution in [0.4, 0.5) is 16.6 Å². The smallest absolute Gasteiger partial charge is 0.251 e. The maximum atomic E-state index is 12.8. The largest absolute Gasteiger partial charge is 0.382 e. The number of amides is 1. The number of likely N-dealkylation sites (N-methyl/N-ethyl adjacent to an activating group) is 1. The first-order chi connectivity index (χ1) is 15.4. The third kappa shape index (κ3) is 4.79. The van der Waals surface area contributed by atoms with E-state index in [1.165, 1.54) is 17.8 Å². The number of carbonyl (C=O) groups excluding carboxylic acids is 2. The fraction of sp³-hybridized carbons (Fsp3) is 0.304. The van der Waals surface area contributed by atoms with Crippen LogP contribution < -0.4 is 16.4 Å². The van der Waals surface area contributed by atoms with Gasteiger partial charge in [-0.2, -0.15) is 0 Å². The number of rotatable bonds is 7. The summed E-state index contributed by atoms with van der Waals surface area (Å²) in [7, 11) is 2.09. The number of nitrogen functional groups attached to an aromatic ring is 1. The number of carbonyl (C=O) groups is 2. The summed E-state index contributed by atoms with van der Waals surface area (Å²) in [6.07, 6.45) is 5.47. The Balaban J connectivity index is 1.39. The number of thiazole rings is 1. The monoisotopic (exact) mass is 450 g/mol. The molecule has 1 aromatic carbocycles. The van der Waals surface area contributed by atoms with Crippen LogP contribution in [0, 0.1) is 6.92 Å². The van der Waals surface area contributed by atoms with Crippen molar-refractivity contribution in [3.8, 4) is 0 Å². The molecular formula is C23H26N6O2S. The molecule has 1 saturated heterocycles. The lowest BCUT2D eigenvalue weighted by molar-refractivity contribution is 0.0943. The van der Waals surface area contributed by atoms with Gasteiger partial charge in [-0.05, 0) is 69.3 Å². The zero-order valence-electron chi connectivity index (χ0n) is 18.1. The van der Waals surface area contributed by atoms with Crippen LogP contribution in [0.3, 0.4) is 0 Å². The maximum Gasteiger partial charge on any atom is 0.251 e. The van der Waals surface area contributed by atoms with Gasteiger partial charge in [-0.1, -0.05) is 11.3 Å². The molecule has 32 heavy (non-hydrogen) atoms. The van der Waals surface area contributed by atoms with E-state index in [4.69, 9.17) is 5.73 Å². The van der Waals surface area contributed by atoms with Gasteiger partial charge in [-0.3, -0.25) is 14.6 Å². The molecule has 0 saturated carbocycles. The Morgan fingerprint density at radius 2 is 2.03 bits per heavy atom. The molecule has 166 valence electrons. The van der Waals surface area contributed by atoms with Gasteiger partial charge in [0.25, 0.3) is 5.91 Å². The van der Waals surface area contributed by atoms with Crippen LogP contribution in [0.1, 0.15) is 44.0 Å². The van der Waals surface area contributed by atoms with Crippen LogP contribution in [0.5, 0.6) is 0 Å². The number of hydrogen-bond acceptors (Lipinski definition) is 8. The number of hydrogen-bond donors (Lipinski definition) is 3. The first kappa shape index (κ1) is 21.9. The number of aromatic nitrogens is 2. The van der Waals surface area contributed by atoms with E-state index in [0.717, 1.165) is 24.2 Å². The van der Waals surface area contributed by atoms with E-state index < -0.39 is 0 Å². The van der Waals surface area contributed by atoms with Gasteiger partial charge in [0.2, 0.25) is 5.78 Å². The molecule has 0 unspecified atom stereocenters. The molecular weight excluding hydrogens is 424 g/mol. The van der Waals surface area contributed by atoms with Gasteiger partial charge in [-0.15, -0.1) is 0 Å². The Labute approximate surface area is 190 Å². The first-order valence-corrected chi connectivity index (χ1v) is 11.3. The van der Waals surface area contributed by atoms with Crippen molar-refractivity contribution in [2.75, 3.05) is 31.2 Å². The Morgan fingerprint density at radius 3 is 2.72 bits per heavy atom. The lowest BCUT2D eigenvalue weighted by atomic mass is 10.1. The highest BCUT2D eigenvalue weighted by atomic mass is 32.1. The minimum absolute atomic E-state index is 0.0879. The van der Waals surface area contributed by atoms with E-state index in [2.05, 4.69) is 32.5 Å². The molecule has 8 nitrogen and oxygen atoms in total. The van der Waals surface area contributed by atoms with E-state index >= 15 is 0 Å².